The molecule has 1 N–H and O–H groups in total. The highest BCUT2D eigenvalue weighted by atomic mass is 79.9. The van der Waals surface area contributed by atoms with Crippen LogP contribution in [-0.4, -0.2) is 10.9 Å². The standard InChI is InChI=1S/C19H13BrClFN2OS/c20-13-3-10-17(23-11-13)24-19(25)18(12-1-4-14(21)5-2-12)26-16-8-6-15(22)7-9-16/h1-11,18H,(H,23,24,25). The van der Waals surface area contributed by atoms with Crippen LogP contribution >= 0.6 is 39.3 Å². The fourth-order valence-corrected chi connectivity index (χ4v) is 3.59. The van der Waals surface area contributed by atoms with Crippen molar-refractivity contribution in [2.75, 3.05) is 5.32 Å². The van der Waals surface area contributed by atoms with E-state index < -0.39 is 5.25 Å². The molecular formula is C19H13BrClFN2OS. The molecule has 1 atom stereocenters. The summed E-state index contributed by atoms with van der Waals surface area (Å²) in [6.07, 6.45) is 1.61. The molecule has 0 aliphatic carbocycles. The van der Waals surface area contributed by atoms with Crippen LogP contribution in [0.1, 0.15) is 10.8 Å². The minimum Gasteiger partial charge on any atom is -0.309 e. The number of thioether (sulfide) groups is 1. The minimum atomic E-state index is -0.539. The Morgan fingerprint density at radius 1 is 1.08 bits per heavy atom. The maximum Gasteiger partial charge on any atom is 0.243 e. The average Bonchev–Trinajstić information content (AvgIpc) is 2.64. The van der Waals surface area contributed by atoms with Crippen LogP contribution in [0.4, 0.5) is 10.2 Å². The molecule has 1 aromatic heterocycles. The maximum atomic E-state index is 13.2. The van der Waals surface area contributed by atoms with E-state index in [9.17, 15) is 9.18 Å². The fraction of sp³-hybridized carbons (Fsp3) is 0.0526. The lowest BCUT2D eigenvalue weighted by Gasteiger charge is -2.17. The number of aromatic nitrogens is 1. The van der Waals surface area contributed by atoms with Gasteiger partial charge in [-0.1, -0.05) is 23.7 Å². The normalized spacial score (nSPS) is 11.8. The lowest BCUT2D eigenvalue weighted by atomic mass is 10.1. The summed E-state index contributed by atoms with van der Waals surface area (Å²) in [4.78, 5) is 17.8. The molecule has 0 aliphatic heterocycles. The highest BCUT2D eigenvalue weighted by molar-refractivity contribution is 9.10. The second-order valence-corrected chi connectivity index (χ2v) is 7.88. The van der Waals surface area contributed by atoms with Gasteiger partial charge in [-0.3, -0.25) is 4.79 Å². The molecule has 2 aromatic carbocycles. The highest BCUT2D eigenvalue weighted by Gasteiger charge is 2.22. The van der Waals surface area contributed by atoms with Crippen LogP contribution in [0.25, 0.3) is 0 Å². The number of amides is 1. The molecule has 0 fully saturated rings. The summed E-state index contributed by atoms with van der Waals surface area (Å²) in [5.41, 5.74) is 0.790. The van der Waals surface area contributed by atoms with E-state index in [2.05, 4.69) is 26.2 Å². The first-order chi connectivity index (χ1) is 12.5. The Labute approximate surface area is 168 Å². The second-order valence-electron chi connectivity index (χ2n) is 5.35. The molecule has 0 bridgehead atoms. The smallest absolute Gasteiger partial charge is 0.243 e. The Balaban J connectivity index is 1.85. The molecule has 0 saturated carbocycles. The Hall–Kier alpha value is -1.89. The number of nitrogens with one attached hydrogen (secondary N) is 1. The van der Waals surface area contributed by atoms with Gasteiger partial charge in [0.2, 0.25) is 5.91 Å². The van der Waals surface area contributed by atoms with E-state index in [1.54, 1.807) is 54.7 Å². The van der Waals surface area contributed by atoms with Crippen molar-refractivity contribution in [1.29, 1.82) is 0 Å². The van der Waals surface area contributed by atoms with Crippen molar-refractivity contribution < 1.29 is 9.18 Å². The number of halogens is 3. The van der Waals surface area contributed by atoms with Gasteiger partial charge in [-0.25, -0.2) is 9.37 Å². The number of pyridine rings is 1. The predicted octanol–water partition coefficient (Wildman–Crippen LogP) is 6.11. The van der Waals surface area contributed by atoms with Crippen molar-refractivity contribution in [3.63, 3.8) is 0 Å². The third-order valence-electron chi connectivity index (χ3n) is 3.46. The van der Waals surface area contributed by atoms with Crippen molar-refractivity contribution >= 4 is 51.0 Å². The van der Waals surface area contributed by atoms with Gasteiger partial charge in [0.1, 0.15) is 16.9 Å². The third-order valence-corrected chi connectivity index (χ3v) is 5.44. The summed E-state index contributed by atoms with van der Waals surface area (Å²) in [5, 5.41) is 2.87. The van der Waals surface area contributed by atoms with Gasteiger partial charge in [0.25, 0.3) is 0 Å². The van der Waals surface area contributed by atoms with Gasteiger partial charge in [0, 0.05) is 20.6 Å². The number of nitrogens with zero attached hydrogens (tertiary/aromatic N) is 1. The van der Waals surface area contributed by atoms with Crippen LogP contribution in [-0.2, 0) is 4.79 Å². The van der Waals surface area contributed by atoms with Gasteiger partial charge in [0.05, 0.1) is 0 Å². The molecule has 132 valence electrons. The molecule has 0 radical (unpaired) electrons. The molecule has 1 unspecified atom stereocenters. The van der Waals surface area contributed by atoms with Crippen molar-refractivity contribution in [3.8, 4) is 0 Å². The molecule has 1 heterocycles. The topological polar surface area (TPSA) is 42.0 Å². The van der Waals surface area contributed by atoms with Gasteiger partial charge in [-0.15, -0.1) is 11.8 Å². The molecule has 3 aromatic rings. The van der Waals surface area contributed by atoms with Gasteiger partial charge >= 0.3 is 0 Å². The zero-order valence-electron chi connectivity index (χ0n) is 13.3. The molecule has 7 heteroatoms. The highest BCUT2D eigenvalue weighted by Crippen LogP contribution is 2.36. The van der Waals surface area contributed by atoms with E-state index >= 15 is 0 Å². The predicted molar refractivity (Wildman–Crippen MR) is 107 cm³/mol. The monoisotopic (exact) mass is 450 g/mol. The van der Waals surface area contributed by atoms with E-state index in [1.807, 2.05) is 0 Å². The molecule has 26 heavy (non-hydrogen) atoms. The Bertz CT molecular complexity index is 889. The summed E-state index contributed by atoms with van der Waals surface area (Å²) in [6, 6.07) is 16.6. The molecule has 0 spiro atoms. The van der Waals surface area contributed by atoms with E-state index in [1.165, 1.54) is 23.9 Å². The largest absolute Gasteiger partial charge is 0.309 e. The number of anilines is 1. The summed E-state index contributed by atoms with van der Waals surface area (Å²) in [5.74, 6) is -0.0887. The first-order valence-electron chi connectivity index (χ1n) is 7.61. The van der Waals surface area contributed by atoms with Crippen molar-refractivity contribution in [2.45, 2.75) is 10.1 Å². The molecular weight excluding hydrogens is 439 g/mol. The van der Waals surface area contributed by atoms with Gasteiger partial charge < -0.3 is 5.32 Å². The number of benzene rings is 2. The van der Waals surface area contributed by atoms with Crippen LogP contribution in [0.15, 0.2) is 76.2 Å². The van der Waals surface area contributed by atoms with Crippen LogP contribution in [0.3, 0.4) is 0 Å². The summed E-state index contributed by atoms with van der Waals surface area (Å²) < 4.78 is 14.0. The average molecular weight is 452 g/mol. The summed E-state index contributed by atoms with van der Waals surface area (Å²) >= 11 is 10.6. The number of hydrogen-bond acceptors (Lipinski definition) is 3. The number of rotatable bonds is 5. The summed E-state index contributed by atoms with van der Waals surface area (Å²) in [7, 11) is 0. The minimum absolute atomic E-state index is 0.225. The van der Waals surface area contributed by atoms with Crippen molar-refractivity contribution in [1.82, 2.24) is 4.98 Å². The van der Waals surface area contributed by atoms with Gasteiger partial charge in [0.15, 0.2) is 0 Å². The fourth-order valence-electron chi connectivity index (χ4n) is 2.20. The van der Waals surface area contributed by atoms with Gasteiger partial charge in [-0.05, 0) is 70.0 Å². The number of carbonyl (C=O) groups excluding carboxylic acids is 1. The van der Waals surface area contributed by atoms with E-state index in [0.29, 0.717) is 10.8 Å². The second kappa shape index (κ2) is 8.66. The number of hydrogen-bond donors (Lipinski definition) is 1. The van der Waals surface area contributed by atoms with Crippen LogP contribution < -0.4 is 5.32 Å². The lowest BCUT2D eigenvalue weighted by molar-refractivity contribution is -0.115. The maximum absolute atomic E-state index is 13.2. The van der Waals surface area contributed by atoms with Crippen molar-refractivity contribution in [2.24, 2.45) is 0 Å². The Kier molecular flexibility index (Phi) is 6.29. The first kappa shape index (κ1) is 18.9. The van der Waals surface area contributed by atoms with Crippen molar-refractivity contribution in [3.05, 3.63) is 87.7 Å². The Morgan fingerprint density at radius 2 is 1.77 bits per heavy atom. The van der Waals surface area contributed by atoms with Crippen LogP contribution in [0.5, 0.6) is 0 Å². The molecule has 0 saturated heterocycles. The van der Waals surface area contributed by atoms with E-state index in [-0.39, 0.29) is 11.7 Å². The zero-order valence-corrected chi connectivity index (χ0v) is 16.5. The molecule has 0 aliphatic rings. The SMILES string of the molecule is O=C(Nc1ccc(Br)cn1)C(Sc1ccc(F)cc1)c1ccc(Cl)cc1. The van der Waals surface area contributed by atoms with E-state index in [0.717, 1.165) is 14.9 Å². The first-order valence-corrected chi connectivity index (χ1v) is 9.66. The number of carbonyl (C=O) groups is 1. The van der Waals surface area contributed by atoms with Crippen LogP contribution in [0.2, 0.25) is 5.02 Å². The summed E-state index contributed by atoms with van der Waals surface area (Å²) in [6.45, 7) is 0. The molecule has 3 rings (SSSR count). The van der Waals surface area contributed by atoms with Gasteiger partial charge in [-0.2, -0.15) is 0 Å². The quantitative estimate of drug-likeness (QED) is 0.476. The van der Waals surface area contributed by atoms with E-state index in [4.69, 9.17) is 11.6 Å². The van der Waals surface area contributed by atoms with Crippen LogP contribution in [0, 0.1) is 5.82 Å². The third kappa shape index (κ3) is 5.06. The lowest BCUT2D eigenvalue weighted by Crippen LogP contribution is -2.19. The molecule has 1 amide bonds. The molecule has 3 nitrogen and oxygen atoms in total. The Morgan fingerprint density at radius 3 is 2.38 bits per heavy atom. The zero-order chi connectivity index (χ0) is 18.5.